The van der Waals surface area contributed by atoms with Crippen LogP contribution in [0.4, 0.5) is 0 Å². The molecule has 190 valence electrons. The van der Waals surface area contributed by atoms with E-state index in [4.69, 9.17) is 4.74 Å². The molecule has 1 saturated carbocycles. The molecular weight excluding hydrogens is 424 g/mol. The fourth-order valence-corrected chi connectivity index (χ4v) is 5.39. The quantitative estimate of drug-likeness (QED) is 0.175. The fourth-order valence-electron chi connectivity index (χ4n) is 5.39. The van der Waals surface area contributed by atoms with Crippen LogP contribution in [-0.2, 0) is 30.6 Å². The van der Waals surface area contributed by atoms with E-state index in [1.807, 2.05) is 6.08 Å². The molecule has 0 unspecified atom stereocenters. The molecule has 1 fully saturated rings. The maximum absolute atomic E-state index is 5.66. The number of aryl methyl sites for hydroxylation is 3. The molecule has 0 N–H and O–H groups in total. The van der Waals surface area contributed by atoms with Crippen molar-refractivity contribution < 1.29 is 4.74 Å². The van der Waals surface area contributed by atoms with Crippen molar-refractivity contribution in [2.75, 3.05) is 6.61 Å². The highest BCUT2D eigenvalue weighted by Gasteiger charge is 2.20. The highest BCUT2D eigenvalue weighted by Crippen LogP contribution is 2.34. The van der Waals surface area contributed by atoms with Gasteiger partial charge in [0.05, 0.1) is 13.2 Å². The second-order valence-electron chi connectivity index (χ2n) is 10.5. The van der Waals surface area contributed by atoms with Crippen molar-refractivity contribution in [1.29, 1.82) is 0 Å². The zero-order chi connectivity index (χ0) is 24.6. The van der Waals surface area contributed by atoms with Crippen LogP contribution in [0.25, 0.3) is 0 Å². The third kappa shape index (κ3) is 11.0. The molecule has 2 aromatic rings. The Hall–Kier alpha value is -2.12. The SMILES string of the molecule is C=CCCOCc1ccc(CCCCC2CCC(CCc3ccc(CCC=CC)cc3)CC2)cc1. The van der Waals surface area contributed by atoms with Crippen LogP contribution in [0, 0.1) is 11.8 Å². The summed E-state index contributed by atoms with van der Waals surface area (Å²) >= 11 is 0. The first-order chi connectivity index (χ1) is 17.3. The molecule has 35 heavy (non-hydrogen) atoms. The van der Waals surface area contributed by atoms with Gasteiger partial charge in [-0.05, 0) is 86.0 Å². The minimum Gasteiger partial charge on any atom is -0.376 e. The number of allylic oxidation sites excluding steroid dienone is 2. The summed E-state index contributed by atoms with van der Waals surface area (Å²) in [6.07, 6.45) is 23.3. The fraction of sp³-hybridized carbons (Fsp3) is 0.529. The van der Waals surface area contributed by atoms with E-state index in [0.717, 1.165) is 37.7 Å². The Bertz CT molecular complexity index is 837. The molecule has 0 spiro atoms. The van der Waals surface area contributed by atoms with Crippen LogP contribution in [0.3, 0.4) is 0 Å². The Labute approximate surface area is 215 Å². The van der Waals surface area contributed by atoms with Gasteiger partial charge in [0.1, 0.15) is 0 Å². The summed E-state index contributed by atoms with van der Waals surface area (Å²) in [4.78, 5) is 0. The Morgan fingerprint density at radius 1 is 0.714 bits per heavy atom. The largest absolute Gasteiger partial charge is 0.376 e. The summed E-state index contributed by atoms with van der Waals surface area (Å²) in [5, 5.41) is 0. The average Bonchev–Trinajstić information content (AvgIpc) is 2.90. The lowest BCUT2D eigenvalue weighted by molar-refractivity contribution is 0.125. The van der Waals surface area contributed by atoms with E-state index < -0.39 is 0 Å². The van der Waals surface area contributed by atoms with Crippen LogP contribution in [0.2, 0.25) is 0 Å². The van der Waals surface area contributed by atoms with Crippen molar-refractivity contribution in [2.45, 2.75) is 97.0 Å². The van der Waals surface area contributed by atoms with Crippen LogP contribution < -0.4 is 0 Å². The number of rotatable bonds is 16. The molecule has 1 nitrogen and oxygen atoms in total. The second kappa shape index (κ2) is 16.5. The molecule has 0 bridgehead atoms. The Morgan fingerprint density at radius 3 is 1.91 bits per heavy atom. The number of hydrogen-bond acceptors (Lipinski definition) is 1. The van der Waals surface area contributed by atoms with Crippen molar-refractivity contribution >= 4 is 0 Å². The van der Waals surface area contributed by atoms with Crippen molar-refractivity contribution in [1.82, 2.24) is 0 Å². The van der Waals surface area contributed by atoms with Crippen LogP contribution in [0.15, 0.2) is 73.3 Å². The van der Waals surface area contributed by atoms with E-state index in [9.17, 15) is 0 Å². The minimum atomic E-state index is 0.709. The molecule has 1 aliphatic carbocycles. The van der Waals surface area contributed by atoms with Gasteiger partial charge in [-0.25, -0.2) is 0 Å². The first kappa shape index (κ1) is 27.5. The average molecular weight is 473 g/mol. The van der Waals surface area contributed by atoms with Gasteiger partial charge in [0.25, 0.3) is 0 Å². The molecule has 0 aromatic heterocycles. The molecule has 1 heteroatoms. The predicted octanol–water partition coefficient (Wildman–Crippen LogP) is 9.44. The van der Waals surface area contributed by atoms with Gasteiger partial charge in [-0.3, -0.25) is 0 Å². The van der Waals surface area contributed by atoms with Gasteiger partial charge in [-0.2, -0.15) is 0 Å². The van der Waals surface area contributed by atoms with E-state index in [-0.39, 0.29) is 0 Å². The summed E-state index contributed by atoms with van der Waals surface area (Å²) < 4.78 is 5.66. The minimum absolute atomic E-state index is 0.709. The number of benzene rings is 2. The third-order valence-electron chi connectivity index (χ3n) is 7.75. The molecule has 2 aromatic carbocycles. The van der Waals surface area contributed by atoms with Crippen LogP contribution in [0.1, 0.15) is 93.4 Å². The predicted molar refractivity (Wildman–Crippen MR) is 152 cm³/mol. The summed E-state index contributed by atoms with van der Waals surface area (Å²) in [5.74, 6) is 1.91. The third-order valence-corrected chi connectivity index (χ3v) is 7.75. The van der Waals surface area contributed by atoms with Gasteiger partial charge < -0.3 is 4.74 Å². The molecule has 0 radical (unpaired) electrons. The molecule has 0 saturated heterocycles. The Balaban J connectivity index is 1.23. The highest BCUT2D eigenvalue weighted by molar-refractivity contribution is 5.23. The molecule has 0 atom stereocenters. The number of unbranched alkanes of at least 4 members (excludes halogenated alkanes) is 1. The van der Waals surface area contributed by atoms with Gasteiger partial charge in [0, 0.05) is 0 Å². The lowest BCUT2D eigenvalue weighted by Gasteiger charge is -2.28. The van der Waals surface area contributed by atoms with Gasteiger partial charge in [-0.1, -0.05) is 105 Å². The summed E-state index contributed by atoms with van der Waals surface area (Å²) in [7, 11) is 0. The molecule has 0 heterocycles. The molecule has 3 rings (SSSR count). The molecular formula is C34H48O. The molecule has 0 amide bonds. The lowest BCUT2D eigenvalue weighted by Crippen LogP contribution is -2.15. The Morgan fingerprint density at radius 2 is 1.29 bits per heavy atom. The summed E-state index contributed by atoms with van der Waals surface area (Å²) in [6, 6.07) is 18.4. The number of hydrogen-bond donors (Lipinski definition) is 0. The monoisotopic (exact) mass is 472 g/mol. The van der Waals surface area contributed by atoms with E-state index in [1.54, 1.807) is 0 Å². The maximum Gasteiger partial charge on any atom is 0.0717 e. The smallest absolute Gasteiger partial charge is 0.0717 e. The zero-order valence-electron chi connectivity index (χ0n) is 22.2. The van der Waals surface area contributed by atoms with Gasteiger partial charge in [0.15, 0.2) is 0 Å². The standard InChI is InChI=1S/C34H48O/c1-3-5-7-10-29-13-17-32(18-14-29)21-22-33-19-15-30(16-20-33)11-8-9-12-31-23-25-34(26-24-31)28-35-27-6-4-2/h3-5,13-14,17-18,23-26,30,33H,2,6-12,15-16,19-22,27-28H2,1H3. The van der Waals surface area contributed by atoms with Crippen molar-refractivity contribution in [2.24, 2.45) is 11.8 Å². The number of ether oxygens (including phenoxy) is 1. The highest BCUT2D eigenvalue weighted by atomic mass is 16.5. The zero-order valence-corrected chi connectivity index (χ0v) is 22.2. The van der Waals surface area contributed by atoms with E-state index in [0.29, 0.717) is 6.61 Å². The Kier molecular flexibility index (Phi) is 13.0. The molecule has 1 aliphatic rings. The van der Waals surface area contributed by atoms with Crippen LogP contribution >= 0.6 is 0 Å². The second-order valence-corrected chi connectivity index (χ2v) is 10.5. The summed E-state index contributed by atoms with van der Waals surface area (Å²) in [5.41, 5.74) is 5.73. The van der Waals surface area contributed by atoms with Crippen molar-refractivity contribution in [3.05, 3.63) is 95.6 Å². The normalized spacial score (nSPS) is 18.2. The topological polar surface area (TPSA) is 9.23 Å². The summed E-state index contributed by atoms with van der Waals surface area (Å²) in [6.45, 7) is 7.30. The van der Waals surface area contributed by atoms with Gasteiger partial charge >= 0.3 is 0 Å². The van der Waals surface area contributed by atoms with Gasteiger partial charge in [0.2, 0.25) is 0 Å². The maximum atomic E-state index is 5.66. The van der Waals surface area contributed by atoms with Crippen LogP contribution in [0.5, 0.6) is 0 Å². The van der Waals surface area contributed by atoms with E-state index in [1.165, 1.54) is 86.5 Å². The lowest BCUT2D eigenvalue weighted by atomic mass is 9.77. The first-order valence-corrected chi connectivity index (χ1v) is 14.2. The van der Waals surface area contributed by atoms with Gasteiger partial charge in [-0.15, -0.1) is 6.58 Å². The van der Waals surface area contributed by atoms with E-state index in [2.05, 4.69) is 74.2 Å². The first-order valence-electron chi connectivity index (χ1n) is 14.2. The molecule has 0 aliphatic heterocycles. The van der Waals surface area contributed by atoms with Crippen molar-refractivity contribution in [3.8, 4) is 0 Å². The van der Waals surface area contributed by atoms with Crippen molar-refractivity contribution in [3.63, 3.8) is 0 Å². The van der Waals surface area contributed by atoms with Crippen LogP contribution in [-0.4, -0.2) is 6.61 Å². The van der Waals surface area contributed by atoms with E-state index >= 15 is 0 Å².